The van der Waals surface area contributed by atoms with Crippen LogP contribution in [0.2, 0.25) is 5.02 Å². The van der Waals surface area contributed by atoms with E-state index in [2.05, 4.69) is 15.6 Å². The minimum atomic E-state index is -4.17. The number of carbonyl (C=O) groups is 2. The number of amides is 2. The average molecular weight is 677 g/mol. The Hall–Kier alpha value is -4.39. The lowest BCUT2D eigenvalue weighted by Crippen LogP contribution is -2.41. The zero-order valence-electron chi connectivity index (χ0n) is 24.3. The van der Waals surface area contributed by atoms with E-state index in [4.69, 9.17) is 11.6 Å². The van der Waals surface area contributed by atoms with Crippen LogP contribution in [0.3, 0.4) is 0 Å². The summed E-state index contributed by atoms with van der Waals surface area (Å²) in [7, 11) is 0. The summed E-state index contributed by atoms with van der Waals surface area (Å²) < 4.78 is 40.4. The molecule has 0 spiro atoms. The molecule has 2 aromatic heterocycles. The molecule has 1 aliphatic rings. The molecule has 5 rings (SSSR count). The van der Waals surface area contributed by atoms with Crippen molar-refractivity contribution < 1.29 is 27.9 Å². The molecule has 0 radical (unpaired) electrons. The van der Waals surface area contributed by atoms with E-state index in [9.17, 15) is 32.7 Å². The predicted molar refractivity (Wildman–Crippen MR) is 172 cm³/mol. The Morgan fingerprint density at radius 3 is 2.30 bits per heavy atom. The first-order chi connectivity index (χ1) is 21.5. The van der Waals surface area contributed by atoms with Gasteiger partial charge in [0.15, 0.2) is 0 Å². The van der Waals surface area contributed by atoms with Crippen LogP contribution in [0, 0.1) is 5.92 Å². The van der Waals surface area contributed by atoms with Gasteiger partial charge in [0.25, 0.3) is 17.4 Å². The number of nitrogens with zero attached hydrogens (tertiary/aromatic N) is 3. The summed E-state index contributed by atoms with van der Waals surface area (Å²) in [5.74, 6) is -2.57. The Morgan fingerprint density at radius 2 is 1.65 bits per heavy atom. The van der Waals surface area contributed by atoms with Crippen molar-refractivity contribution in [3.63, 3.8) is 0 Å². The van der Waals surface area contributed by atoms with E-state index in [1.54, 1.807) is 36.5 Å². The van der Waals surface area contributed by atoms with Crippen molar-refractivity contribution in [1.29, 1.82) is 0 Å². The van der Waals surface area contributed by atoms with Crippen LogP contribution in [-0.2, 0) is 6.54 Å². The molecule has 3 N–H and O–H groups in total. The minimum Gasteiger partial charge on any atom is -0.506 e. The Labute approximate surface area is 273 Å². The van der Waals surface area contributed by atoms with Crippen molar-refractivity contribution in [3.8, 4) is 16.9 Å². The molecule has 14 heteroatoms. The van der Waals surface area contributed by atoms with E-state index in [0.29, 0.717) is 42.3 Å². The fraction of sp³-hybridized carbons (Fsp3) is 0.250. The van der Waals surface area contributed by atoms with Gasteiger partial charge in [0.2, 0.25) is 0 Å². The van der Waals surface area contributed by atoms with Gasteiger partial charge in [-0.3, -0.25) is 14.4 Å². The molecular weight excluding hydrogens is 646 g/mol. The molecule has 0 unspecified atom stereocenters. The average Bonchev–Trinajstić information content (AvgIpc) is 3.02. The number of nitrogens with one attached hydrogen (secondary N) is 2. The lowest BCUT2D eigenvalue weighted by Gasteiger charge is -2.32. The number of hydrogen-bond donors (Lipinski definition) is 3. The first-order valence-electron chi connectivity index (χ1n) is 14.1. The highest BCUT2D eigenvalue weighted by Crippen LogP contribution is 2.34. The van der Waals surface area contributed by atoms with E-state index < -0.39 is 23.9 Å². The number of benzene rings is 2. The van der Waals surface area contributed by atoms with Gasteiger partial charge in [-0.1, -0.05) is 29.8 Å². The number of rotatable bonds is 8. The highest BCUT2D eigenvalue weighted by molar-refractivity contribution is 6.30. The Balaban J connectivity index is 0.00000480. The van der Waals surface area contributed by atoms with Crippen LogP contribution in [0.4, 0.5) is 24.7 Å². The van der Waals surface area contributed by atoms with Crippen LogP contribution >= 0.6 is 24.0 Å². The summed E-state index contributed by atoms with van der Waals surface area (Å²) in [5, 5.41) is 16.0. The molecule has 0 saturated carbocycles. The monoisotopic (exact) mass is 675 g/mol. The summed E-state index contributed by atoms with van der Waals surface area (Å²) in [6.45, 7) is 1.44. The molecule has 0 atom stereocenters. The Kier molecular flexibility index (Phi) is 11.1. The second-order valence-electron chi connectivity index (χ2n) is 10.6. The van der Waals surface area contributed by atoms with Gasteiger partial charge in [-0.15, -0.1) is 12.4 Å². The zero-order valence-corrected chi connectivity index (χ0v) is 25.8. The molecule has 242 valence electrons. The molecule has 0 bridgehead atoms. The van der Waals surface area contributed by atoms with Gasteiger partial charge in [-0.2, -0.15) is 13.2 Å². The summed E-state index contributed by atoms with van der Waals surface area (Å²) in [6.07, 6.45) is -1.06. The van der Waals surface area contributed by atoms with E-state index in [-0.39, 0.29) is 59.2 Å². The molecule has 3 heterocycles. The molecule has 4 aromatic rings. The maximum atomic E-state index is 13.2. The van der Waals surface area contributed by atoms with E-state index in [1.165, 1.54) is 47.2 Å². The third-order valence-corrected chi connectivity index (χ3v) is 7.90. The standard InChI is InChI=1S/C32H29ClF3N5O4.ClH/c33-23-10-11-27(37-19-23)38-30(44)25-3-1-5-26(42)28(25)39-29(43)21-8-6-20(7-9-21)24-4-2-14-41(31(24)45)18-17-40-15-12-22(13-16-40)32(34,35)36;/h1-11,14,19,22,42H,12-13,15-18H2,(H,39,43)(H,37,38,44);1H. The molecule has 2 amide bonds. The number of hydrogen-bond acceptors (Lipinski definition) is 6. The SMILES string of the molecule is Cl.O=C(Nc1c(O)cccc1C(=O)Nc1ccc(Cl)cn1)c1ccc(-c2cccn(CCN3CCC(C(F)(F)F)CC3)c2=O)cc1. The number of carbonyl (C=O) groups excluding carboxylic acids is 2. The van der Waals surface area contributed by atoms with Crippen molar-refractivity contribution in [2.75, 3.05) is 30.3 Å². The lowest BCUT2D eigenvalue weighted by molar-refractivity contribution is -0.185. The van der Waals surface area contributed by atoms with Crippen molar-refractivity contribution in [1.82, 2.24) is 14.5 Å². The third-order valence-electron chi connectivity index (χ3n) is 7.68. The molecular formula is C32H30Cl2F3N5O4. The van der Waals surface area contributed by atoms with E-state index in [0.717, 1.165) is 0 Å². The summed E-state index contributed by atoms with van der Waals surface area (Å²) >= 11 is 5.84. The van der Waals surface area contributed by atoms with Gasteiger partial charge >= 0.3 is 6.18 Å². The molecule has 9 nitrogen and oxygen atoms in total. The number of phenols is 1. The smallest absolute Gasteiger partial charge is 0.391 e. The number of alkyl halides is 3. The highest BCUT2D eigenvalue weighted by atomic mass is 35.5. The summed E-state index contributed by atoms with van der Waals surface area (Å²) in [5.41, 5.74) is 0.828. The summed E-state index contributed by atoms with van der Waals surface area (Å²) in [4.78, 5) is 45.2. The maximum Gasteiger partial charge on any atom is 0.391 e. The predicted octanol–water partition coefficient (Wildman–Crippen LogP) is 6.47. The van der Waals surface area contributed by atoms with Crippen molar-refractivity contribution in [3.05, 3.63) is 106 Å². The molecule has 1 saturated heterocycles. The van der Waals surface area contributed by atoms with Crippen molar-refractivity contribution in [2.24, 2.45) is 5.92 Å². The van der Waals surface area contributed by atoms with Crippen LogP contribution in [0.1, 0.15) is 33.6 Å². The summed E-state index contributed by atoms with van der Waals surface area (Å²) in [6, 6.07) is 16.9. The van der Waals surface area contributed by atoms with Gasteiger partial charge in [0, 0.05) is 36.6 Å². The molecule has 1 aliphatic heterocycles. The number of phenolic OH excluding ortho intramolecular Hbond substituents is 1. The van der Waals surface area contributed by atoms with Gasteiger partial charge < -0.3 is 25.2 Å². The first-order valence-corrected chi connectivity index (χ1v) is 14.5. The molecule has 2 aromatic carbocycles. The highest BCUT2D eigenvalue weighted by Gasteiger charge is 2.40. The number of para-hydroxylation sites is 1. The first kappa shape index (κ1) is 34.5. The normalized spacial score (nSPS) is 13.9. The van der Waals surface area contributed by atoms with Crippen LogP contribution < -0.4 is 16.2 Å². The number of pyridine rings is 2. The van der Waals surface area contributed by atoms with E-state index >= 15 is 0 Å². The van der Waals surface area contributed by atoms with Gasteiger partial charge in [-0.25, -0.2) is 4.98 Å². The van der Waals surface area contributed by atoms with E-state index in [1.807, 2.05) is 4.90 Å². The topological polar surface area (TPSA) is 117 Å². The molecule has 0 aliphatic carbocycles. The van der Waals surface area contributed by atoms with Crippen LogP contribution in [-0.4, -0.2) is 57.2 Å². The number of aromatic nitrogens is 2. The van der Waals surface area contributed by atoms with Crippen LogP contribution in [0.15, 0.2) is 83.9 Å². The Morgan fingerprint density at radius 1 is 0.935 bits per heavy atom. The number of piperidine rings is 1. The number of anilines is 2. The Bertz CT molecular complexity index is 1740. The molecule has 46 heavy (non-hydrogen) atoms. The quantitative estimate of drug-likeness (QED) is 0.184. The third kappa shape index (κ3) is 8.25. The number of aromatic hydroxyl groups is 1. The molecule has 1 fully saturated rings. The lowest BCUT2D eigenvalue weighted by atomic mass is 9.96. The zero-order chi connectivity index (χ0) is 32.1. The fourth-order valence-electron chi connectivity index (χ4n) is 5.15. The second-order valence-corrected chi connectivity index (χ2v) is 11.1. The van der Waals surface area contributed by atoms with Gasteiger partial charge in [0.05, 0.1) is 22.2 Å². The second kappa shape index (κ2) is 14.8. The van der Waals surface area contributed by atoms with Crippen molar-refractivity contribution >= 4 is 47.3 Å². The fourth-order valence-corrected chi connectivity index (χ4v) is 5.26. The van der Waals surface area contributed by atoms with Gasteiger partial charge in [-0.05, 0) is 80.0 Å². The maximum absolute atomic E-state index is 13.2. The number of halogens is 5. The van der Waals surface area contributed by atoms with Crippen molar-refractivity contribution in [2.45, 2.75) is 25.6 Å². The van der Waals surface area contributed by atoms with Crippen LogP contribution in [0.5, 0.6) is 5.75 Å². The van der Waals surface area contributed by atoms with Crippen LogP contribution in [0.25, 0.3) is 11.1 Å². The van der Waals surface area contributed by atoms with Gasteiger partial charge in [0.1, 0.15) is 11.6 Å². The largest absolute Gasteiger partial charge is 0.506 e. The number of likely N-dealkylation sites (tertiary alicyclic amines) is 1. The minimum absolute atomic E-state index is 0.